The molecular weight excluding hydrogens is 452 g/mol. The lowest BCUT2D eigenvalue weighted by atomic mass is 10.0. The Bertz CT molecular complexity index is 1080. The number of benzene rings is 2. The van der Waals surface area contributed by atoms with Gasteiger partial charge in [-0.05, 0) is 28.8 Å². The molecule has 172 valence electrons. The lowest BCUT2D eigenvalue weighted by molar-refractivity contribution is -1.73. The van der Waals surface area contributed by atoms with Crippen LogP contribution in [0.5, 0.6) is 0 Å². The van der Waals surface area contributed by atoms with Crippen molar-refractivity contribution in [3.63, 3.8) is 0 Å². The van der Waals surface area contributed by atoms with Gasteiger partial charge in [0.25, 0.3) is 0 Å². The molecule has 0 saturated carbocycles. The third kappa shape index (κ3) is 7.67. The molecule has 3 rings (SSSR count). The minimum Gasteiger partial charge on any atom is -0.357 e. The van der Waals surface area contributed by atoms with E-state index in [1.807, 2.05) is 18.2 Å². The molecule has 0 aliphatic heterocycles. The number of rotatable bonds is 7. The SMILES string of the molecule is CCc1cc(-c2ccccc2)cc(CC)[n+]1CCc1ccc(S(N)(=O)=O)cc1.[O-][Cl+2]([O-])[O-]. The second-order valence-corrected chi connectivity index (χ2v) is 9.02. The van der Waals surface area contributed by atoms with Crippen LogP contribution in [0.4, 0.5) is 0 Å². The molecule has 2 N–H and O–H groups in total. The highest BCUT2D eigenvalue weighted by Gasteiger charge is 2.17. The van der Waals surface area contributed by atoms with E-state index in [2.05, 4.69) is 54.8 Å². The lowest BCUT2D eigenvalue weighted by Crippen LogP contribution is -2.43. The van der Waals surface area contributed by atoms with Crippen molar-refractivity contribution < 1.29 is 37.7 Å². The number of hydrogen-bond acceptors (Lipinski definition) is 5. The van der Waals surface area contributed by atoms with Gasteiger partial charge in [0, 0.05) is 31.4 Å². The fourth-order valence-corrected chi connectivity index (χ4v) is 4.01. The predicted molar refractivity (Wildman–Crippen MR) is 112 cm³/mol. The van der Waals surface area contributed by atoms with Crippen LogP contribution in [0.25, 0.3) is 11.1 Å². The minimum absolute atomic E-state index is 0.152. The third-order valence-electron chi connectivity index (χ3n) is 5.05. The number of sulfonamides is 1. The fraction of sp³-hybridized carbons (Fsp3) is 0.261. The second-order valence-electron chi connectivity index (χ2n) is 7.08. The molecule has 2 aromatic carbocycles. The van der Waals surface area contributed by atoms with Gasteiger partial charge in [-0.25, -0.2) is 13.6 Å². The molecule has 1 aromatic heterocycles. The highest BCUT2D eigenvalue weighted by molar-refractivity contribution is 7.89. The number of pyridine rings is 1. The van der Waals surface area contributed by atoms with Crippen LogP contribution in [0.1, 0.15) is 30.8 Å². The zero-order chi connectivity index (χ0) is 23.7. The quantitative estimate of drug-likeness (QED) is 0.480. The molecule has 0 spiro atoms. The molecule has 32 heavy (non-hydrogen) atoms. The predicted octanol–water partition coefficient (Wildman–Crippen LogP) is 0.0890. The first-order valence-corrected chi connectivity index (χ1v) is 12.6. The molecule has 0 aliphatic rings. The van der Waals surface area contributed by atoms with Gasteiger partial charge in [-0.3, -0.25) is 0 Å². The first kappa shape index (κ1) is 25.9. The number of hydrogen-bond donors (Lipinski definition) is 1. The first-order valence-electron chi connectivity index (χ1n) is 10.1. The van der Waals surface area contributed by atoms with Crippen molar-refractivity contribution in [2.45, 2.75) is 44.6 Å². The topological polar surface area (TPSA) is 133 Å². The van der Waals surface area contributed by atoms with E-state index < -0.39 is 20.8 Å². The van der Waals surface area contributed by atoms with Crippen LogP contribution in [-0.2, 0) is 35.8 Å². The monoisotopic (exact) mass is 478 g/mol. The Hall–Kier alpha value is -2.33. The average molecular weight is 479 g/mol. The lowest BCUT2D eigenvalue weighted by Gasteiger charge is -2.11. The highest BCUT2D eigenvalue weighted by Crippen LogP contribution is 2.21. The van der Waals surface area contributed by atoms with E-state index in [0.717, 1.165) is 31.4 Å². The van der Waals surface area contributed by atoms with Crippen LogP contribution >= 0.6 is 0 Å². The van der Waals surface area contributed by atoms with Gasteiger partial charge in [0.15, 0.2) is 17.9 Å². The maximum atomic E-state index is 11.4. The fourth-order valence-electron chi connectivity index (χ4n) is 3.50. The third-order valence-corrected chi connectivity index (χ3v) is 5.97. The number of primary sulfonamides is 1. The Balaban J connectivity index is 0.000000837. The summed E-state index contributed by atoms with van der Waals surface area (Å²) >= 11 is 0. The van der Waals surface area contributed by atoms with E-state index in [1.165, 1.54) is 22.5 Å². The van der Waals surface area contributed by atoms with E-state index in [1.54, 1.807) is 12.1 Å². The summed E-state index contributed by atoms with van der Waals surface area (Å²) in [6.07, 6.45) is 2.75. The van der Waals surface area contributed by atoms with Crippen LogP contribution in [0.15, 0.2) is 71.6 Å². The molecule has 0 bridgehead atoms. The van der Waals surface area contributed by atoms with Crippen molar-refractivity contribution in [2.75, 3.05) is 0 Å². The smallest absolute Gasteiger partial charge is 0.238 e. The van der Waals surface area contributed by atoms with Crippen molar-refractivity contribution in [3.05, 3.63) is 83.7 Å². The second kappa shape index (κ2) is 12.1. The molecule has 1 heterocycles. The van der Waals surface area contributed by atoms with Crippen molar-refractivity contribution >= 4 is 10.0 Å². The van der Waals surface area contributed by atoms with Gasteiger partial charge in [0.2, 0.25) is 10.0 Å². The molecule has 0 unspecified atom stereocenters. The summed E-state index contributed by atoms with van der Waals surface area (Å²) < 4.78 is 50.4. The summed E-state index contributed by atoms with van der Waals surface area (Å²) in [5, 5.41) is 5.18. The number of aromatic nitrogens is 1. The summed E-state index contributed by atoms with van der Waals surface area (Å²) in [5.74, 6) is 0. The van der Waals surface area contributed by atoms with Gasteiger partial charge in [-0.2, -0.15) is 4.57 Å². The molecule has 0 atom stereocenters. The van der Waals surface area contributed by atoms with Gasteiger partial charge in [0.1, 0.15) is 0 Å². The van der Waals surface area contributed by atoms with Crippen molar-refractivity contribution in [3.8, 4) is 11.1 Å². The molecular formula is C23H27ClN2O5S. The standard InChI is InChI=1S/C23H27N2O2S.ClO3/c1-3-21-16-20(19-8-6-5-7-9-19)17-22(4-2)25(21)15-14-18-10-12-23(13-11-18)28(24,26)27;2-1(3)4/h5-13,16-17H,3-4,14-15H2,1-2H3,(H2,24,26,27);/q+1;-1. The normalized spacial score (nSPS) is 11.2. The largest absolute Gasteiger partial charge is 0.357 e. The van der Waals surface area contributed by atoms with Crippen molar-refractivity contribution in [1.82, 2.24) is 0 Å². The van der Waals surface area contributed by atoms with E-state index in [4.69, 9.17) is 19.1 Å². The number of halogens is 1. The van der Waals surface area contributed by atoms with Gasteiger partial charge >= 0.3 is 0 Å². The van der Waals surface area contributed by atoms with E-state index in [-0.39, 0.29) is 4.90 Å². The number of aryl methyl sites for hydroxylation is 3. The van der Waals surface area contributed by atoms with Gasteiger partial charge in [-0.1, -0.05) is 56.3 Å². The number of nitrogens with two attached hydrogens (primary N) is 1. The molecule has 9 heteroatoms. The van der Waals surface area contributed by atoms with Crippen LogP contribution in [0, 0.1) is 10.8 Å². The van der Waals surface area contributed by atoms with Crippen LogP contribution in [0.3, 0.4) is 0 Å². The van der Waals surface area contributed by atoms with Gasteiger partial charge < -0.3 is 14.0 Å². The molecule has 0 aliphatic carbocycles. The summed E-state index contributed by atoms with van der Waals surface area (Å²) in [6.45, 7) is 5.22. The zero-order valence-corrected chi connectivity index (χ0v) is 19.6. The van der Waals surface area contributed by atoms with Crippen molar-refractivity contribution in [2.24, 2.45) is 5.14 Å². The molecule has 7 nitrogen and oxygen atoms in total. The summed E-state index contributed by atoms with van der Waals surface area (Å²) in [7, 11) is -6.50. The highest BCUT2D eigenvalue weighted by atomic mass is 35.6. The van der Waals surface area contributed by atoms with E-state index >= 15 is 0 Å². The minimum atomic E-state index is -3.64. The van der Waals surface area contributed by atoms with Crippen LogP contribution in [0.2, 0.25) is 0 Å². The maximum absolute atomic E-state index is 11.4. The number of nitrogens with zero attached hydrogens (tertiary/aromatic N) is 1. The Kier molecular flexibility index (Phi) is 9.77. The van der Waals surface area contributed by atoms with E-state index in [9.17, 15) is 8.42 Å². The summed E-state index contributed by atoms with van der Waals surface area (Å²) in [4.78, 5) is 0.152. The summed E-state index contributed by atoms with van der Waals surface area (Å²) in [6, 6.07) is 21.9. The Morgan fingerprint density at radius 1 is 0.844 bits per heavy atom. The van der Waals surface area contributed by atoms with E-state index in [0.29, 0.717) is 0 Å². The Morgan fingerprint density at radius 3 is 1.78 bits per heavy atom. The Labute approximate surface area is 192 Å². The maximum Gasteiger partial charge on any atom is 0.238 e. The van der Waals surface area contributed by atoms with Gasteiger partial charge in [0.05, 0.1) is 15.7 Å². The van der Waals surface area contributed by atoms with Crippen molar-refractivity contribution in [1.29, 1.82) is 0 Å². The molecule has 0 saturated heterocycles. The summed E-state index contributed by atoms with van der Waals surface area (Å²) in [5.41, 5.74) is 6.19. The first-order chi connectivity index (χ1) is 15.2. The average Bonchev–Trinajstić information content (AvgIpc) is 2.77. The Morgan fingerprint density at radius 2 is 1.34 bits per heavy atom. The molecule has 0 amide bonds. The van der Waals surface area contributed by atoms with Gasteiger partial charge in [-0.15, -0.1) is 0 Å². The van der Waals surface area contributed by atoms with Crippen LogP contribution < -0.4 is 23.7 Å². The molecule has 3 aromatic rings. The molecule has 0 radical (unpaired) electrons. The van der Waals surface area contributed by atoms with Crippen LogP contribution in [-0.4, -0.2) is 8.42 Å². The zero-order valence-electron chi connectivity index (χ0n) is 18.0. The molecule has 0 fully saturated rings.